The first-order valence-electron chi connectivity index (χ1n) is 6.65. The highest BCUT2D eigenvalue weighted by molar-refractivity contribution is 9.10. The van der Waals surface area contributed by atoms with Gasteiger partial charge in [-0.05, 0) is 52.0 Å². The van der Waals surface area contributed by atoms with Gasteiger partial charge in [-0.2, -0.15) is 0 Å². The van der Waals surface area contributed by atoms with Gasteiger partial charge in [-0.1, -0.05) is 13.8 Å². The maximum Gasteiger partial charge on any atom is 0.138 e. The van der Waals surface area contributed by atoms with Crippen molar-refractivity contribution in [2.24, 2.45) is 5.92 Å². The fourth-order valence-electron chi connectivity index (χ4n) is 1.67. The lowest BCUT2D eigenvalue weighted by Gasteiger charge is -2.08. The van der Waals surface area contributed by atoms with Crippen LogP contribution in [0.3, 0.4) is 0 Å². The van der Waals surface area contributed by atoms with Gasteiger partial charge in [-0.25, -0.2) is 0 Å². The number of pyridine rings is 1. The van der Waals surface area contributed by atoms with Crippen LogP contribution in [0.4, 0.5) is 0 Å². The molecule has 20 heavy (non-hydrogen) atoms. The van der Waals surface area contributed by atoms with Crippen LogP contribution < -0.4 is 10.1 Å². The van der Waals surface area contributed by atoms with Crippen LogP contribution in [0.1, 0.15) is 24.4 Å². The minimum absolute atomic E-state index is 0.574. The molecule has 2 aromatic heterocycles. The number of halogens is 1. The van der Waals surface area contributed by atoms with Crippen LogP contribution in [0, 0.1) is 5.92 Å². The van der Waals surface area contributed by atoms with Gasteiger partial charge >= 0.3 is 0 Å². The Morgan fingerprint density at radius 3 is 2.80 bits per heavy atom. The summed E-state index contributed by atoms with van der Waals surface area (Å²) in [4.78, 5) is 5.59. The molecule has 0 aromatic carbocycles. The Bertz CT molecular complexity index is 525. The first-order valence-corrected chi connectivity index (χ1v) is 8.32. The van der Waals surface area contributed by atoms with Crippen molar-refractivity contribution < 1.29 is 4.74 Å². The molecule has 0 saturated carbocycles. The van der Waals surface area contributed by atoms with Gasteiger partial charge in [0.05, 0.1) is 16.8 Å². The summed E-state index contributed by atoms with van der Waals surface area (Å²) < 4.78 is 6.83. The summed E-state index contributed by atoms with van der Waals surface area (Å²) in [5.74, 6) is 1.46. The third kappa shape index (κ3) is 4.89. The number of aromatic nitrogens is 1. The van der Waals surface area contributed by atoms with Gasteiger partial charge in [0.1, 0.15) is 12.4 Å². The van der Waals surface area contributed by atoms with Gasteiger partial charge in [0.25, 0.3) is 0 Å². The molecule has 0 atom stereocenters. The van der Waals surface area contributed by atoms with Crippen molar-refractivity contribution in [2.75, 3.05) is 6.54 Å². The van der Waals surface area contributed by atoms with Gasteiger partial charge < -0.3 is 10.1 Å². The predicted molar refractivity (Wildman–Crippen MR) is 87.1 cm³/mol. The second kappa shape index (κ2) is 7.76. The molecule has 0 spiro atoms. The van der Waals surface area contributed by atoms with Gasteiger partial charge in [-0.3, -0.25) is 4.98 Å². The molecule has 0 unspecified atom stereocenters. The van der Waals surface area contributed by atoms with Crippen LogP contribution in [0.25, 0.3) is 0 Å². The normalized spacial score (nSPS) is 11.0. The van der Waals surface area contributed by atoms with E-state index < -0.39 is 0 Å². The molecule has 0 saturated heterocycles. The number of ether oxygens (including phenoxy) is 1. The molecular weight excluding hydrogens is 336 g/mol. The molecule has 0 aliphatic heterocycles. The summed E-state index contributed by atoms with van der Waals surface area (Å²) in [5, 5.41) is 5.42. The van der Waals surface area contributed by atoms with E-state index >= 15 is 0 Å². The van der Waals surface area contributed by atoms with Gasteiger partial charge in [0.2, 0.25) is 0 Å². The summed E-state index contributed by atoms with van der Waals surface area (Å²) >= 11 is 5.18. The molecule has 0 radical (unpaired) electrons. The number of nitrogens with zero attached hydrogens (tertiary/aromatic N) is 1. The van der Waals surface area contributed by atoms with Crippen LogP contribution in [-0.4, -0.2) is 11.5 Å². The molecule has 3 nitrogen and oxygen atoms in total. The second-order valence-electron chi connectivity index (χ2n) is 4.99. The van der Waals surface area contributed by atoms with E-state index in [-0.39, 0.29) is 0 Å². The molecule has 0 aliphatic carbocycles. The molecule has 0 aliphatic rings. The molecule has 2 rings (SSSR count). The SMILES string of the molecule is CC(C)CNCc1ccc(OCc2sccc2Br)cn1. The number of hydrogen-bond donors (Lipinski definition) is 1. The fourth-order valence-corrected chi connectivity index (χ4v) is 3.04. The van der Waals surface area contributed by atoms with Crippen molar-refractivity contribution >= 4 is 27.3 Å². The lowest BCUT2D eigenvalue weighted by Crippen LogP contribution is -2.19. The van der Waals surface area contributed by atoms with Crippen LogP contribution >= 0.6 is 27.3 Å². The van der Waals surface area contributed by atoms with Crippen LogP contribution in [0.2, 0.25) is 0 Å². The highest BCUT2D eigenvalue weighted by Crippen LogP contribution is 2.24. The summed E-state index contributed by atoms with van der Waals surface area (Å²) in [6, 6.07) is 6.01. The fraction of sp³-hybridized carbons (Fsp3) is 0.400. The molecule has 0 fully saturated rings. The van der Waals surface area contributed by atoms with Crippen molar-refractivity contribution in [2.45, 2.75) is 27.0 Å². The van der Waals surface area contributed by atoms with Crippen molar-refractivity contribution in [1.82, 2.24) is 10.3 Å². The molecule has 2 aromatic rings. The standard InChI is InChI=1S/C15H19BrN2OS/c1-11(2)7-17-8-12-3-4-13(9-18-12)19-10-15-14(16)5-6-20-15/h3-6,9,11,17H,7-8,10H2,1-2H3. The summed E-state index contributed by atoms with van der Waals surface area (Å²) in [6.45, 7) is 6.77. The molecule has 1 N–H and O–H groups in total. The zero-order chi connectivity index (χ0) is 14.4. The van der Waals surface area contributed by atoms with Crippen molar-refractivity contribution in [3.05, 3.63) is 44.8 Å². The Kier molecular flexibility index (Phi) is 6.01. The van der Waals surface area contributed by atoms with Gasteiger partial charge in [0, 0.05) is 11.0 Å². The maximum atomic E-state index is 5.73. The zero-order valence-electron chi connectivity index (χ0n) is 11.7. The van der Waals surface area contributed by atoms with E-state index in [2.05, 4.69) is 40.1 Å². The lowest BCUT2D eigenvalue weighted by molar-refractivity contribution is 0.307. The lowest BCUT2D eigenvalue weighted by atomic mass is 10.2. The summed E-state index contributed by atoms with van der Waals surface area (Å²) in [5.41, 5.74) is 1.04. The van der Waals surface area contributed by atoms with Crippen molar-refractivity contribution in [3.63, 3.8) is 0 Å². The highest BCUT2D eigenvalue weighted by Gasteiger charge is 2.03. The average Bonchev–Trinajstić information content (AvgIpc) is 2.83. The average molecular weight is 355 g/mol. The van der Waals surface area contributed by atoms with Crippen LogP contribution in [-0.2, 0) is 13.2 Å². The Morgan fingerprint density at radius 1 is 1.35 bits per heavy atom. The van der Waals surface area contributed by atoms with E-state index in [0.29, 0.717) is 12.5 Å². The predicted octanol–water partition coefficient (Wildman–Crippen LogP) is 4.23. The minimum Gasteiger partial charge on any atom is -0.486 e. The molecule has 5 heteroatoms. The smallest absolute Gasteiger partial charge is 0.138 e. The monoisotopic (exact) mass is 354 g/mol. The van der Waals surface area contributed by atoms with Gasteiger partial charge in [0.15, 0.2) is 0 Å². The summed E-state index contributed by atoms with van der Waals surface area (Å²) in [6.07, 6.45) is 1.79. The number of hydrogen-bond acceptors (Lipinski definition) is 4. The third-order valence-corrected chi connectivity index (χ3v) is 4.62. The zero-order valence-corrected chi connectivity index (χ0v) is 14.1. The second-order valence-corrected chi connectivity index (χ2v) is 6.85. The third-order valence-electron chi connectivity index (χ3n) is 2.72. The van der Waals surface area contributed by atoms with Crippen LogP contribution in [0.5, 0.6) is 5.75 Å². The molecule has 0 amide bonds. The van der Waals surface area contributed by atoms with Gasteiger partial charge in [-0.15, -0.1) is 11.3 Å². The number of thiophene rings is 1. The highest BCUT2D eigenvalue weighted by atomic mass is 79.9. The molecule has 0 bridgehead atoms. The Hall–Kier alpha value is -0.910. The number of rotatable bonds is 7. The first kappa shape index (κ1) is 15.5. The van der Waals surface area contributed by atoms with E-state index in [1.807, 2.05) is 23.6 Å². The summed E-state index contributed by atoms with van der Waals surface area (Å²) in [7, 11) is 0. The van der Waals surface area contributed by atoms with E-state index in [1.165, 1.54) is 4.88 Å². The molecular formula is C15H19BrN2OS. The van der Waals surface area contributed by atoms with E-state index in [0.717, 1.165) is 29.0 Å². The minimum atomic E-state index is 0.574. The van der Waals surface area contributed by atoms with Crippen molar-refractivity contribution in [3.8, 4) is 5.75 Å². The topological polar surface area (TPSA) is 34.1 Å². The van der Waals surface area contributed by atoms with E-state index in [4.69, 9.17) is 4.74 Å². The van der Waals surface area contributed by atoms with Crippen molar-refractivity contribution in [1.29, 1.82) is 0 Å². The molecule has 2 heterocycles. The maximum absolute atomic E-state index is 5.73. The number of nitrogens with one attached hydrogen (secondary N) is 1. The first-order chi connectivity index (χ1) is 9.65. The quantitative estimate of drug-likeness (QED) is 0.807. The van der Waals surface area contributed by atoms with Crippen LogP contribution in [0.15, 0.2) is 34.2 Å². The Labute approximate surface area is 132 Å². The Balaban J connectivity index is 1.81. The van der Waals surface area contributed by atoms with E-state index in [1.54, 1.807) is 17.5 Å². The largest absolute Gasteiger partial charge is 0.486 e. The molecule has 108 valence electrons. The van der Waals surface area contributed by atoms with E-state index in [9.17, 15) is 0 Å². The Morgan fingerprint density at radius 2 is 2.20 bits per heavy atom.